The topological polar surface area (TPSA) is 140 Å². The van der Waals surface area contributed by atoms with Gasteiger partial charge < -0.3 is 11.1 Å². The molecular formula is C21H26N6O4S. The van der Waals surface area contributed by atoms with Crippen molar-refractivity contribution in [3.63, 3.8) is 0 Å². The summed E-state index contributed by atoms with van der Waals surface area (Å²) in [6.45, 7) is 5.44. The van der Waals surface area contributed by atoms with Crippen LogP contribution >= 0.6 is 0 Å². The molecule has 0 radical (unpaired) electrons. The number of hydrogen-bond acceptors (Lipinski definition) is 6. The van der Waals surface area contributed by atoms with Crippen molar-refractivity contribution >= 4 is 33.2 Å². The molecule has 0 fully saturated rings. The summed E-state index contributed by atoms with van der Waals surface area (Å²) in [4.78, 5) is 28.7. The largest absolute Gasteiger partial charge is 0.365 e. The average molecular weight is 459 g/mol. The van der Waals surface area contributed by atoms with Gasteiger partial charge in [-0.15, -0.1) is 0 Å². The van der Waals surface area contributed by atoms with E-state index in [0.717, 1.165) is 21.1 Å². The molecule has 2 heterocycles. The highest BCUT2D eigenvalue weighted by molar-refractivity contribution is 7.89. The third kappa shape index (κ3) is 4.34. The van der Waals surface area contributed by atoms with Crippen LogP contribution < -0.4 is 11.1 Å². The number of carbonyl (C=O) groups excluding carboxylic acids is 2. The van der Waals surface area contributed by atoms with Gasteiger partial charge in [0.25, 0.3) is 5.91 Å². The number of amides is 2. The Balaban J connectivity index is 1.80. The molecule has 3 rings (SSSR count). The number of sulfonamides is 1. The molecule has 3 N–H and O–H groups in total. The molecule has 0 spiro atoms. The Bertz CT molecular complexity index is 1330. The molecule has 0 atom stereocenters. The van der Waals surface area contributed by atoms with Gasteiger partial charge >= 0.3 is 0 Å². The highest BCUT2D eigenvalue weighted by Crippen LogP contribution is 2.23. The minimum Gasteiger partial charge on any atom is -0.365 e. The molecule has 32 heavy (non-hydrogen) atoms. The van der Waals surface area contributed by atoms with Crippen LogP contribution in [0, 0.1) is 20.8 Å². The number of aryl methyl sites for hydroxylation is 3. The molecule has 10 nitrogen and oxygen atoms in total. The first-order chi connectivity index (χ1) is 14.9. The summed E-state index contributed by atoms with van der Waals surface area (Å²) in [6.07, 6.45) is 1.93. The van der Waals surface area contributed by atoms with E-state index < -0.39 is 15.9 Å². The van der Waals surface area contributed by atoms with Crippen molar-refractivity contribution in [1.82, 2.24) is 18.9 Å². The lowest BCUT2D eigenvalue weighted by Crippen LogP contribution is -2.22. The molecule has 0 bridgehead atoms. The van der Waals surface area contributed by atoms with Crippen molar-refractivity contribution in [2.75, 3.05) is 19.4 Å². The molecule has 0 aliphatic heterocycles. The number of fused-ring (bicyclic) bond motifs is 1. The molecule has 2 aromatic heterocycles. The number of aromatic nitrogens is 3. The summed E-state index contributed by atoms with van der Waals surface area (Å²) >= 11 is 0. The Morgan fingerprint density at radius 1 is 1.19 bits per heavy atom. The number of primary amides is 1. The Hall–Kier alpha value is -3.31. The maximum Gasteiger partial charge on any atom is 0.254 e. The average Bonchev–Trinajstić information content (AvgIpc) is 3.13. The molecule has 0 saturated heterocycles. The first-order valence-electron chi connectivity index (χ1n) is 9.90. The number of nitrogens with zero attached hydrogens (tertiary/aromatic N) is 4. The van der Waals surface area contributed by atoms with Crippen LogP contribution in [-0.2, 0) is 21.2 Å². The molecule has 1 aromatic carbocycles. The summed E-state index contributed by atoms with van der Waals surface area (Å²) in [5.41, 5.74) is 9.48. The summed E-state index contributed by atoms with van der Waals surface area (Å²) in [5.74, 6) is -0.864. The second kappa shape index (κ2) is 8.67. The zero-order valence-electron chi connectivity index (χ0n) is 18.6. The molecule has 0 aliphatic carbocycles. The number of nitrogens with two attached hydrogens (primary N) is 1. The van der Waals surface area contributed by atoms with E-state index in [1.165, 1.54) is 32.4 Å². The van der Waals surface area contributed by atoms with Gasteiger partial charge in [-0.25, -0.2) is 22.2 Å². The minimum absolute atomic E-state index is 0.105. The van der Waals surface area contributed by atoms with Crippen molar-refractivity contribution in [3.8, 4) is 0 Å². The zero-order valence-corrected chi connectivity index (χ0v) is 19.4. The second-order valence-corrected chi connectivity index (χ2v) is 9.88. The van der Waals surface area contributed by atoms with Crippen molar-refractivity contribution in [2.24, 2.45) is 5.73 Å². The van der Waals surface area contributed by atoms with Crippen molar-refractivity contribution in [1.29, 1.82) is 0 Å². The summed E-state index contributed by atoms with van der Waals surface area (Å²) < 4.78 is 27.4. The standard InChI is InChI=1S/C21H26N6O4S/c1-12-6-7-15(32(30,31)26(4)5)10-18(12)25-19(28)9-8-16-13(2)24-21-17(20(22)29)11-23-27(21)14(16)3/h6-7,10-11H,8-9H2,1-5H3,(H2,22,29)(H,25,28). The predicted octanol–water partition coefficient (Wildman–Crippen LogP) is 1.58. The Morgan fingerprint density at radius 2 is 1.88 bits per heavy atom. The second-order valence-electron chi connectivity index (χ2n) is 7.73. The van der Waals surface area contributed by atoms with Gasteiger partial charge in [0.2, 0.25) is 15.9 Å². The van der Waals surface area contributed by atoms with E-state index >= 15 is 0 Å². The van der Waals surface area contributed by atoms with E-state index in [0.29, 0.717) is 23.4 Å². The Morgan fingerprint density at radius 3 is 2.50 bits per heavy atom. The molecule has 170 valence electrons. The number of rotatable bonds is 7. The fraction of sp³-hybridized carbons (Fsp3) is 0.333. The van der Waals surface area contributed by atoms with Gasteiger partial charge in [0, 0.05) is 37.6 Å². The van der Waals surface area contributed by atoms with Crippen LogP contribution in [0.5, 0.6) is 0 Å². The van der Waals surface area contributed by atoms with Crippen LogP contribution in [0.2, 0.25) is 0 Å². The van der Waals surface area contributed by atoms with Gasteiger partial charge in [-0.05, 0) is 50.5 Å². The Kier molecular flexibility index (Phi) is 6.33. The van der Waals surface area contributed by atoms with Gasteiger partial charge in [0.1, 0.15) is 5.56 Å². The fourth-order valence-corrected chi connectivity index (χ4v) is 4.33. The van der Waals surface area contributed by atoms with Gasteiger partial charge in [0.05, 0.1) is 11.1 Å². The highest BCUT2D eigenvalue weighted by Gasteiger charge is 2.20. The molecule has 0 saturated carbocycles. The number of anilines is 1. The summed E-state index contributed by atoms with van der Waals surface area (Å²) in [6, 6.07) is 4.63. The summed E-state index contributed by atoms with van der Waals surface area (Å²) in [7, 11) is -0.706. The van der Waals surface area contributed by atoms with Crippen molar-refractivity contribution in [2.45, 2.75) is 38.5 Å². The SMILES string of the molecule is Cc1ccc(S(=O)(=O)N(C)C)cc1NC(=O)CCc1c(C)nc2c(C(N)=O)cnn2c1C. The third-order valence-electron chi connectivity index (χ3n) is 5.34. The van der Waals surface area contributed by atoms with E-state index in [4.69, 9.17) is 5.73 Å². The predicted molar refractivity (Wildman–Crippen MR) is 120 cm³/mol. The molecular weight excluding hydrogens is 432 g/mol. The van der Waals surface area contributed by atoms with Gasteiger partial charge in [-0.1, -0.05) is 6.07 Å². The van der Waals surface area contributed by atoms with E-state index in [-0.39, 0.29) is 22.8 Å². The smallest absolute Gasteiger partial charge is 0.254 e. The van der Waals surface area contributed by atoms with E-state index in [1.54, 1.807) is 24.4 Å². The molecule has 3 aromatic rings. The minimum atomic E-state index is -3.61. The number of benzene rings is 1. The maximum atomic E-state index is 12.6. The lowest BCUT2D eigenvalue weighted by atomic mass is 10.1. The van der Waals surface area contributed by atoms with Crippen LogP contribution in [0.1, 0.15) is 39.3 Å². The number of carbonyl (C=O) groups is 2. The quantitative estimate of drug-likeness (QED) is 0.551. The van der Waals surface area contributed by atoms with Crippen LogP contribution in [0.4, 0.5) is 5.69 Å². The van der Waals surface area contributed by atoms with Gasteiger partial charge in [-0.3, -0.25) is 9.59 Å². The highest BCUT2D eigenvalue weighted by atomic mass is 32.2. The molecule has 0 aliphatic rings. The number of hydrogen-bond donors (Lipinski definition) is 2. The van der Waals surface area contributed by atoms with Crippen molar-refractivity contribution < 1.29 is 18.0 Å². The first kappa shape index (κ1) is 23.4. The first-order valence-corrected chi connectivity index (χ1v) is 11.3. The van der Waals surface area contributed by atoms with E-state index in [1.807, 2.05) is 6.92 Å². The monoisotopic (exact) mass is 458 g/mol. The molecule has 11 heteroatoms. The summed E-state index contributed by atoms with van der Waals surface area (Å²) in [5, 5.41) is 6.99. The van der Waals surface area contributed by atoms with Crippen LogP contribution in [0.25, 0.3) is 5.65 Å². The molecule has 2 amide bonds. The third-order valence-corrected chi connectivity index (χ3v) is 7.15. The van der Waals surface area contributed by atoms with Crippen LogP contribution in [0.3, 0.4) is 0 Å². The van der Waals surface area contributed by atoms with Crippen molar-refractivity contribution in [3.05, 3.63) is 52.5 Å². The van der Waals surface area contributed by atoms with Gasteiger partial charge in [-0.2, -0.15) is 5.10 Å². The number of nitrogens with one attached hydrogen (secondary N) is 1. The maximum absolute atomic E-state index is 12.6. The van der Waals surface area contributed by atoms with Crippen LogP contribution in [-0.4, -0.2) is 53.2 Å². The lowest BCUT2D eigenvalue weighted by molar-refractivity contribution is -0.116. The lowest BCUT2D eigenvalue weighted by Gasteiger charge is -2.15. The van der Waals surface area contributed by atoms with E-state index in [9.17, 15) is 18.0 Å². The van der Waals surface area contributed by atoms with E-state index in [2.05, 4.69) is 15.4 Å². The van der Waals surface area contributed by atoms with Crippen LogP contribution in [0.15, 0.2) is 29.3 Å². The molecule has 0 unspecified atom stereocenters. The normalized spacial score (nSPS) is 11.8. The zero-order chi connectivity index (χ0) is 23.8. The van der Waals surface area contributed by atoms with Gasteiger partial charge in [0.15, 0.2) is 5.65 Å². The Labute approximate surface area is 186 Å². The fourth-order valence-electron chi connectivity index (χ4n) is 3.40.